The van der Waals surface area contributed by atoms with Crippen LogP contribution in [0.25, 0.3) is 0 Å². The average molecular weight is 418 g/mol. The minimum Gasteiger partial charge on any atom is -0.339 e. The molecule has 0 aromatic heterocycles. The van der Waals surface area contributed by atoms with E-state index in [1.54, 1.807) is 0 Å². The lowest BCUT2D eigenvalue weighted by Crippen LogP contribution is -2.54. The van der Waals surface area contributed by atoms with Crippen LogP contribution < -0.4 is 5.43 Å². The summed E-state index contributed by atoms with van der Waals surface area (Å²) in [5.74, 6) is 0.280. The van der Waals surface area contributed by atoms with Crippen molar-refractivity contribution in [3.8, 4) is 0 Å². The summed E-state index contributed by atoms with van der Waals surface area (Å²) in [5.41, 5.74) is 7.95. The van der Waals surface area contributed by atoms with Crippen molar-refractivity contribution in [2.24, 2.45) is 5.10 Å². The second-order valence-corrected chi connectivity index (χ2v) is 8.70. The molecule has 2 fully saturated rings. The van der Waals surface area contributed by atoms with Crippen LogP contribution in [0.5, 0.6) is 0 Å². The summed E-state index contributed by atoms with van der Waals surface area (Å²) < 4.78 is 0. The van der Waals surface area contributed by atoms with Crippen LogP contribution in [0.15, 0.2) is 59.7 Å². The van der Waals surface area contributed by atoms with Gasteiger partial charge in [-0.1, -0.05) is 61.0 Å². The Hall–Kier alpha value is -2.70. The first-order valence-corrected chi connectivity index (χ1v) is 11.5. The molecule has 0 aliphatic carbocycles. The fourth-order valence-electron chi connectivity index (χ4n) is 4.94. The molecule has 3 aliphatic heterocycles. The van der Waals surface area contributed by atoms with Crippen LogP contribution in [0, 0.1) is 0 Å². The number of piperidine rings is 1. The lowest BCUT2D eigenvalue weighted by Gasteiger charge is -2.41. The van der Waals surface area contributed by atoms with Crippen LogP contribution in [0.4, 0.5) is 0 Å². The van der Waals surface area contributed by atoms with E-state index in [4.69, 9.17) is 5.10 Å². The monoisotopic (exact) mass is 417 g/mol. The number of nitrogens with zero attached hydrogens (tertiary/aromatic N) is 4. The van der Waals surface area contributed by atoms with Crippen molar-refractivity contribution in [2.75, 3.05) is 45.8 Å². The smallest absolute Gasteiger partial charge is 0.236 e. The Morgan fingerprint density at radius 2 is 1.58 bits per heavy atom. The van der Waals surface area contributed by atoms with Crippen molar-refractivity contribution in [2.45, 2.75) is 25.4 Å². The van der Waals surface area contributed by atoms with E-state index < -0.39 is 0 Å². The van der Waals surface area contributed by atoms with Crippen molar-refractivity contribution in [1.82, 2.24) is 20.1 Å². The van der Waals surface area contributed by atoms with E-state index in [1.165, 1.54) is 30.4 Å². The van der Waals surface area contributed by atoms with Crippen LogP contribution in [0.1, 0.15) is 42.1 Å². The number of rotatable bonds is 4. The van der Waals surface area contributed by atoms with Crippen molar-refractivity contribution >= 4 is 11.6 Å². The zero-order valence-corrected chi connectivity index (χ0v) is 18.0. The Labute approximate surface area is 184 Å². The molecule has 2 aromatic rings. The van der Waals surface area contributed by atoms with Crippen molar-refractivity contribution in [1.29, 1.82) is 0 Å². The van der Waals surface area contributed by atoms with Gasteiger partial charge >= 0.3 is 0 Å². The number of hydrogen-bond acceptors (Lipinski definition) is 5. The van der Waals surface area contributed by atoms with Crippen LogP contribution >= 0.6 is 0 Å². The zero-order valence-electron chi connectivity index (χ0n) is 18.0. The number of nitrogens with one attached hydrogen (secondary N) is 1. The molecule has 0 bridgehead atoms. The van der Waals surface area contributed by atoms with Crippen molar-refractivity contribution in [3.63, 3.8) is 0 Å². The van der Waals surface area contributed by atoms with Gasteiger partial charge in [-0.15, -0.1) is 0 Å². The van der Waals surface area contributed by atoms with Crippen LogP contribution in [0.3, 0.4) is 0 Å². The molecule has 1 N–H and O–H groups in total. The fraction of sp³-hybridized carbons (Fsp3) is 0.440. The van der Waals surface area contributed by atoms with E-state index in [1.807, 2.05) is 23.1 Å². The van der Waals surface area contributed by atoms with Gasteiger partial charge in [0.2, 0.25) is 5.91 Å². The molecule has 0 saturated carbocycles. The van der Waals surface area contributed by atoms with Crippen LogP contribution in [0.2, 0.25) is 0 Å². The molecule has 31 heavy (non-hydrogen) atoms. The van der Waals surface area contributed by atoms with Crippen LogP contribution in [-0.2, 0) is 4.79 Å². The summed E-state index contributed by atoms with van der Waals surface area (Å²) in [5, 5.41) is 4.77. The average Bonchev–Trinajstić information content (AvgIpc) is 2.85. The standard InChI is InChI=1S/C25H31N5O/c31-23(19-28-13-7-2-8-14-28)29-15-17-30(18-16-29)25-22-12-6-5-11-21(22)24(26-27-25)20-9-3-1-4-10-20/h1,3-6,9-12,25,27H,2,7-8,13-19H2. The third kappa shape index (κ3) is 4.36. The summed E-state index contributed by atoms with van der Waals surface area (Å²) in [6, 6.07) is 18.9. The maximum absolute atomic E-state index is 12.8. The number of piperazine rings is 1. The molecule has 3 aliphatic rings. The van der Waals surface area contributed by atoms with E-state index in [9.17, 15) is 4.79 Å². The number of carbonyl (C=O) groups is 1. The SMILES string of the molecule is O=C(CN1CCCCC1)N1CCN(C2NN=C(c3ccccc3)c3ccccc32)CC1. The minimum absolute atomic E-state index is 0.0445. The molecule has 6 nitrogen and oxygen atoms in total. The lowest BCUT2D eigenvalue weighted by molar-refractivity contribution is -0.134. The number of amides is 1. The summed E-state index contributed by atoms with van der Waals surface area (Å²) >= 11 is 0. The number of likely N-dealkylation sites (tertiary alicyclic amines) is 1. The van der Waals surface area contributed by atoms with Crippen molar-refractivity contribution in [3.05, 3.63) is 71.3 Å². The van der Waals surface area contributed by atoms with Gasteiger partial charge in [-0.2, -0.15) is 5.10 Å². The van der Waals surface area contributed by atoms with Gasteiger partial charge in [0.15, 0.2) is 0 Å². The fourth-order valence-corrected chi connectivity index (χ4v) is 4.94. The normalized spacial score (nSPS) is 22.4. The van der Waals surface area contributed by atoms with E-state index in [-0.39, 0.29) is 12.1 Å². The molecule has 0 spiro atoms. The first kappa shape index (κ1) is 20.2. The van der Waals surface area contributed by atoms with Gasteiger partial charge < -0.3 is 4.90 Å². The van der Waals surface area contributed by atoms with Gasteiger partial charge in [0.05, 0.1) is 12.3 Å². The summed E-state index contributed by atoms with van der Waals surface area (Å²) in [6.07, 6.45) is 3.79. The molecule has 2 aromatic carbocycles. The first-order chi connectivity index (χ1) is 15.3. The molecule has 5 rings (SSSR count). The minimum atomic E-state index is 0.0445. The Morgan fingerprint density at radius 1 is 0.871 bits per heavy atom. The van der Waals surface area contributed by atoms with Gasteiger partial charge in [-0.05, 0) is 31.5 Å². The molecule has 3 heterocycles. The van der Waals surface area contributed by atoms with Crippen LogP contribution in [-0.4, -0.2) is 72.1 Å². The second kappa shape index (κ2) is 9.20. The third-order valence-electron chi connectivity index (χ3n) is 6.70. The van der Waals surface area contributed by atoms with Gasteiger partial charge in [-0.25, -0.2) is 0 Å². The zero-order chi connectivity index (χ0) is 21.0. The molecule has 0 radical (unpaired) electrons. The highest BCUT2D eigenvalue weighted by molar-refractivity contribution is 6.14. The Balaban J connectivity index is 1.25. The molecule has 1 amide bonds. The summed E-state index contributed by atoms with van der Waals surface area (Å²) in [6.45, 7) is 5.98. The molecule has 1 unspecified atom stereocenters. The largest absolute Gasteiger partial charge is 0.339 e. The Morgan fingerprint density at radius 3 is 2.35 bits per heavy atom. The first-order valence-electron chi connectivity index (χ1n) is 11.5. The maximum atomic E-state index is 12.8. The Kier molecular flexibility index (Phi) is 6.00. The van der Waals surface area contributed by atoms with Gasteiger partial charge in [-0.3, -0.25) is 20.0 Å². The number of hydrazone groups is 1. The molecular formula is C25H31N5O. The topological polar surface area (TPSA) is 51.2 Å². The van der Waals surface area contributed by atoms with Gasteiger partial charge in [0.25, 0.3) is 0 Å². The highest BCUT2D eigenvalue weighted by Gasteiger charge is 2.31. The van der Waals surface area contributed by atoms with E-state index >= 15 is 0 Å². The number of fused-ring (bicyclic) bond motifs is 1. The van der Waals surface area contributed by atoms with Gasteiger partial charge in [0, 0.05) is 37.3 Å². The second-order valence-electron chi connectivity index (χ2n) is 8.70. The summed E-state index contributed by atoms with van der Waals surface area (Å²) in [4.78, 5) is 19.5. The van der Waals surface area contributed by atoms with Gasteiger partial charge in [0.1, 0.15) is 6.17 Å². The summed E-state index contributed by atoms with van der Waals surface area (Å²) in [7, 11) is 0. The third-order valence-corrected chi connectivity index (χ3v) is 6.70. The molecule has 162 valence electrons. The molecule has 6 heteroatoms. The predicted molar refractivity (Wildman–Crippen MR) is 123 cm³/mol. The highest BCUT2D eigenvalue weighted by atomic mass is 16.2. The predicted octanol–water partition coefficient (Wildman–Crippen LogP) is 2.67. The van der Waals surface area contributed by atoms with E-state index in [0.717, 1.165) is 50.5 Å². The molecular weight excluding hydrogens is 386 g/mol. The lowest BCUT2D eigenvalue weighted by atomic mass is 9.94. The van der Waals surface area contributed by atoms with E-state index in [0.29, 0.717) is 6.54 Å². The maximum Gasteiger partial charge on any atom is 0.236 e. The number of carbonyl (C=O) groups excluding carboxylic acids is 1. The van der Waals surface area contributed by atoms with Crippen molar-refractivity contribution < 1.29 is 4.79 Å². The molecule has 1 atom stereocenters. The number of benzene rings is 2. The van der Waals surface area contributed by atoms with E-state index in [2.05, 4.69) is 51.6 Å². The highest BCUT2D eigenvalue weighted by Crippen LogP contribution is 2.29. The quantitative estimate of drug-likeness (QED) is 0.831. The molecule has 2 saturated heterocycles. The Bertz CT molecular complexity index is 930. The number of hydrogen-bond donors (Lipinski definition) is 1.